The van der Waals surface area contributed by atoms with Crippen molar-refractivity contribution in [1.82, 2.24) is 10.2 Å². The van der Waals surface area contributed by atoms with Crippen molar-refractivity contribution in [1.29, 1.82) is 0 Å². The van der Waals surface area contributed by atoms with Crippen molar-refractivity contribution in [2.45, 2.75) is 39.3 Å². The van der Waals surface area contributed by atoms with Gasteiger partial charge in [-0.15, -0.1) is 0 Å². The van der Waals surface area contributed by atoms with Gasteiger partial charge in [-0.1, -0.05) is 44.2 Å². The predicted octanol–water partition coefficient (Wildman–Crippen LogP) is 2.55. The molecule has 1 aromatic rings. The molecule has 1 amide bonds. The first-order valence-corrected chi connectivity index (χ1v) is 6.68. The van der Waals surface area contributed by atoms with E-state index in [9.17, 15) is 4.79 Å². The highest BCUT2D eigenvalue weighted by Gasteiger charge is 2.34. The Labute approximate surface area is 109 Å². The summed E-state index contributed by atoms with van der Waals surface area (Å²) in [7, 11) is 0. The monoisotopic (exact) mass is 246 g/mol. The zero-order valence-electron chi connectivity index (χ0n) is 11.4. The van der Waals surface area contributed by atoms with Crippen molar-refractivity contribution in [2.75, 3.05) is 6.67 Å². The quantitative estimate of drug-likeness (QED) is 0.885. The van der Waals surface area contributed by atoms with E-state index in [4.69, 9.17) is 0 Å². The first-order valence-electron chi connectivity index (χ1n) is 6.68. The van der Waals surface area contributed by atoms with E-state index in [2.05, 4.69) is 26.1 Å². The van der Waals surface area contributed by atoms with Crippen LogP contribution in [-0.4, -0.2) is 23.5 Å². The highest BCUT2D eigenvalue weighted by molar-refractivity contribution is 5.85. The molecular formula is C15H22N2O. The van der Waals surface area contributed by atoms with Crippen LogP contribution in [0.1, 0.15) is 38.8 Å². The molecule has 0 aliphatic carbocycles. The summed E-state index contributed by atoms with van der Waals surface area (Å²) in [5.41, 5.74) is 1.06. The minimum atomic E-state index is -0.166. The van der Waals surface area contributed by atoms with Crippen molar-refractivity contribution in [2.24, 2.45) is 5.92 Å². The lowest BCUT2D eigenvalue weighted by Crippen LogP contribution is -2.36. The van der Waals surface area contributed by atoms with Gasteiger partial charge in [0.05, 0.1) is 6.67 Å². The molecule has 1 N–H and O–H groups in total. The number of benzene rings is 1. The SMILES string of the molecule is CC(C)CC(C)N1CNC(c2ccccc2)C1=O. The Morgan fingerprint density at radius 3 is 2.56 bits per heavy atom. The van der Waals surface area contributed by atoms with Gasteiger partial charge in [0, 0.05) is 6.04 Å². The molecule has 0 bridgehead atoms. The molecule has 18 heavy (non-hydrogen) atoms. The summed E-state index contributed by atoms with van der Waals surface area (Å²) in [5, 5.41) is 3.30. The second kappa shape index (κ2) is 5.53. The van der Waals surface area contributed by atoms with E-state index in [0.29, 0.717) is 18.6 Å². The third-order valence-electron chi connectivity index (χ3n) is 3.47. The minimum Gasteiger partial charge on any atom is -0.326 e. The molecule has 2 unspecified atom stereocenters. The summed E-state index contributed by atoms with van der Waals surface area (Å²) < 4.78 is 0. The minimum absolute atomic E-state index is 0.166. The summed E-state index contributed by atoms with van der Waals surface area (Å²) in [6, 6.07) is 10.1. The van der Waals surface area contributed by atoms with Crippen LogP contribution in [0, 0.1) is 5.92 Å². The highest BCUT2D eigenvalue weighted by atomic mass is 16.2. The maximum absolute atomic E-state index is 12.4. The summed E-state index contributed by atoms with van der Waals surface area (Å²) in [5.74, 6) is 0.818. The molecule has 2 rings (SSSR count). The lowest BCUT2D eigenvalue weighted by molar-refractivity contribution is -0.130. The van der Waals surface area contributed by atoms with Crippen LogP contribution in [-0.2, 0) is 4.79 Å². The van der Waals surface area contributed by atoms with Crippen LogP contribution in [0.4, 0.5) is 0 Å². The molecule has 1 fully saturated rings. The van der Waals surface area contributed by atoms with Gasteiger partial charge in [0.1, 0.15) is 6.04 Å². The smallest absolute Gasteiger partial charge is 0.245 e. The lowest BCUT2D eigenvalue weighted by atomic mass is 10.0. The van der Waals surface area contributed by atoms with Crippen molar-refractivity contribution in [3.63, 3.8) is 0 Å². The standard InChI is InChI=1S/C15H22N2O/c1-11(2)9-12(3)17-10-16-14(15(17)18)13-7-5-4-6-8-13/h4-8,11-12,14,16H,9-10H2,1-3H3. The molecule has 1 aliphatic rings. The number of nitrogens with zero attached hydrogens (tertiary/aromatic N) is 1. The number of hydrogen-bond donors (Lipinski definition) is 1. The first-order chi connectivity index (χ1) is 8.59. The molecule has 0 saturated carbocycles. The summed E-state index contributed by atoms with van der Waals surface area (Å²) in [6.07, 6.45) is 1.05. The van der Waals surface area contributed by atoms with Crippen LogP contribution in [0.25, 0.3) is 0 Å². The predicted molar refractivity (Wildman–Crippen MR) is 72.9 cm³/mol. The zero-order valence-corrected chi connectivity index (χ0v) is 11.4. The Morgan fingerprint density at radius 2 is 1.94 bits per heavy atom. The van der Waals surface area contributed by atoms with E-state index >= 15 is 0 Å². The number of hydrogen-bond acceptors (Lipinski definition) is 2. The van der Waals surface area contributed by atoms with Crippen molar-refractivity contribution in [3.8, 4) is 0 Å². The first kappa shape index (κ1) is 13.1. The molecule has 1 heterocycles. The number of nitrogens with one attached hydrogen (secondary N) is 1. The second-order valence-electron chi connectivity index (χ2n) is 5.49. The van der Waals surface area contributed by atoms with Gasteiger partial charge in [0.25, 0.3) is 0 Å². The molecule has 1 saturated heterocycles. The van der Waals surface area contributed by atoms with E-state index in [0.717, 1.165) is 12.0 Å². The normalized spacial score (nSPS) is 21.7. The van der Waals surface area contributed by atoms with E-state index in [1.807, 2.05) is 35.2 Å². The van der Waals surface area contributed by atoms with E-state index in [1.165, 1.54) is 0 Å². The average Bonchev–Trinajstić information content (AvgIpc) is 2.71. The number of amides is 1. The Bertz CT molecular complexity index is 402. The Hall–Kier alpha value is -1.35. The average molecular weight is 246 g/mol. The van der Waals surface area contributed by atoms with Crippen molar-refractivity contribution >= 4 is 5.91 Å². The van der Waals surface area contributed by atoms with Gasteiger partial charge in [-0.05, 0) is 24.8 Å². The molecule has 2 atom stereocenters. The molecule has 98 valence electrons. The Kier molecular flexibility index (Phi) is 4.02. The summed E-state index contributed by atoms with van der Waals surface area (Å²) in [6.45, 7) is 7.18. The summed E-state index contributed by atoms with van der Waals surface area (Å²) >= 11 is 0. The second-order valence-corrected chi connectivity index (χ2v) is 5.49. The maximum Gasteiger partial charge on any atom is 0.245 e. The van der Waals surface area contributed by atoms with Gasteiger partial charge in [0.2, 0.25) is 5.91 Å². The molecule has 3 heteroatoms. The maximum atomic E-state index is 12.4. The van der Waals surface area contributed by atoms with Crippen LogP contribution in [0.2, 0.25) is 0 Å². The van der Waals surface area contributed by atoms with E-state index < -0.39 is 0 Å². The molecule has 0 radical (unpaired) electrons. The number of rotatable bonds is 4. The van der Waals surface area contributed by atoms with Gasteiger partial charge in [-0.25, -0.2) is 0 Å². The van der Waals surface area contributed by atoms with E-state index in [-0.39, 0.29) is 11.9 Å². The topological polar surface area (TPSA) is 32.3 Å². The van der Waals surface area contributed by atoms with Crippen LogP contribution in [0.15, 0.2) is 30.3 Å². The Balaban J connectivity index is 2.06. The van der Waals surface area contributed by atoms with E-state index in [1.54, 1.807) is 0 Å². The summed E-state index contributed by atoms with van der Waals surface area (Å²) in [4.78, 5) is 14.3. The molecular weight excluding hydrogens is 224 g/mol. The molecule has 3 nitrogen and oxygen atoms in total. The third kappa shape index (κ3) is 2.72. The molecule has 1 aromatic carbocycles. The van der Waals surface area contributed by atoms with Crippen molar-refractivity contribution in [3.05, 3.63) is 35.9 Å². The molecule has 1 aliphatic heterocycles. The fourth-order valence-electron chi connectivity index (χ4n) is 2.61. The van der Waals surface area contributed by atoms with Gasteiger partial charge in [-0.2, -0.15) is 0 Å². The molecule has 0 spiro atoms. The van der Waals surface area contributed by atoms with Crippen LogP contribution < -0.4 is 5.32 Å². The fraction of sp³-hybridized carbons (Fsp3) is 0.533. The zero-order chi connectivity index (χ0) is 13.1. The van der Waals surface area contributed by atoms with Gasteiger partial charge >= 0.3 is 0 Å². The van der Waals surface area contributed by atoms with Gasteiger partial charge in [-0.3, -0.25) is 10.1 Å². The third-order valence-corrected chi connectivity index (χ3v) is 3.47. The largest absolute Gasteiger partial charge is 0.326 e. The lowest BCUT2D eigenvalue weighted by Gasteiger charge is -2.25. The fourth-order valence-corrected chi connectivity index (χ4v) is 2.61. The highest BCUT2D eigenvalue weighted by Crippen LogP contribution is 2.23. The number of carbonyl (C=O) groups excluding carboxylic acids is 1. The molecule has 0 aromatic heterocycles. The Morgan fingerprint density at radius 1 is 1.28 bits per heavy atom. The van der Waals surface area contributed by atoms with Gasteiger partial charge in [0.15, 0.2) is 0 Å². The van der Waals surface area contributed by atoms with Crippen LogP contribution in [0.5, 0.6) is 0 Å². The van der Waals surface area contributed by atoms with Crippen molar-refractivity contribution < 1.29 is 4.79 Å². The van der Waals surface area contributed by atoms with Crippen LogP contribution in [0.3, 0.4) is 0 Å². The van der Waals surface area contributed by atoms with Gasteiger partial charge < -0.3 is 4.90 Å². The number of carbonyl (C=O) groups is 1. The van der Waals surface area contributed by atoms with Crippen LogP contribution >= 0.6 is 0 Å².